The number of aromatic nitrogens is 2. The molecule has 0 bridgehead atoms. The molecule has 0 radical (unpaired) electrons. The molecule has 3 aromatic carbocycles. The fourth-order valence-electron chi connectivity index (χ4n) is 4.76. The highest BCUT2D eigenvalue weighted by Crippen LogP contribution is 2.33. The highest BCUT2D eigenvalue weighted by atomic mass is 32.2. The summed E-state index contributed by atoms with van der Waals surface area (Å²) in [6.07, 6.45) is 4.50. The summed E-state index contributed by atoms with van der Waals surface area (Å²) in [5, 5.41) is 14.0. The molecule has 5 aromatic rings. The van der Waals surface area contributed by atoms with Gasteiger partial charge < -0.3 is 15.2 Å². The van der Waals surface area contributed by atoms with Crippen molar-refractivity contribution in [1.82, 2.24) is 15.3 Å². The van der Waals surface area contributed by atoms with Crippen molar-refractivity contribution in [2.75, 3.05) is 17.8 Å². The molecule has 0 spiro atoms. The second-order valence-corrected chi connectivity index (χ2v) is 12.4. The van der Waals surface area contributed by atoms with Crippen molar-refractivity contribution in [3.05, 3.63) is 102 Å². The van der Waals surface area contributed by atoms with E-state index in [9.17, 15) is 13.5 Å². The molecule has 0 saturated carbocycles. The van der Waals surface area contributed by atoms with Crippen LogP contribution in [0.1, 0.15) is 23.7 Å². The number of nitrogens with one attached hydrogen (secondary N) is 2. The molecule has 2 atom stereocenters. The first-order chi connectivity index (χ1) is 19.4. The van der Waals surface area contributed by atoms with E-state index in [1.807, 2.05) is 60.7 Å². The maximum atomic E-state index is 13.0. The Bertz CT molecular complexity index is 1690. The molecule has 0 aliphatic carbocycles. The first-order valence-corrected chi connectivity index (χ1v) is 15.3. The Morgan fingerprint density at radius 3 is 2.65 bits per heavy atom. The molecule has 3 N–H and O–H groups in total. The van der Waals surface area contributed by atoms with E-state index in [1.54, 1.807) is 24.5 Å². The van der Waals surface area contributed by atoms with Crippen LogP contribution in [0.2, 0.25) is 0 Å². The third kappa shape index (κ3) is 5.85. The zero-order valence-electron chi connectivity index (χ0n) is 21.5. The second kappa shape index (κ2) is 11.3. The number of aliphatic hydroxyl groups is 1. The van der Waals surface area contributed by atoms with Crippen molar-refractivity contribution in [2.24, 2.45) is 0 Å². The van der Waals surface area contributed by atoms with Crippen LogP contribution in [-0.4, -0.2) is 42.7 Å². The summed E-state index contributed by atoms with van der Waals surface area (Å²) < 4.78 is 35.6. The summed E-state index contributed by atoms with van der Waals surface area (Å²) in [6.45, 7) is 1.07. The van der Waals surface area contributed by atoms with Crippen molar-refractivity contribution in [2.45, 2.75) is 29.9 Å². The van der Waals surface area contributed by atoms with Gasteiger partial charge in [-0.15, -0.1) is 0 Å². The van der Waals surface area contributed by atoms with Gasteiger partial charge in [0, 0.05) is 31.0 Å². The number of benzene rings is 3. The molecule has 2 aromatic heterocycles. The van der Waals surface area contributed by atoms with Crippen LogP contribution < -0.4 is 14.8 Å². The lowest BCUT2D eigenvalue weighted by atomic mass is 9.97. The fourth-order valence-corrected chi connectivity index (χ4v) is 6.86. The van der Waals surface area contributed by atoms with Crippen LogP contribution >= 0.6 is 11.3 Å². The fraction of sp³-hybridized carbons (Fsp3) is 0.200. The largest absolute Gasteiger partial charge is 0.489 e. The summed E-state index contributed by atoms with van der Waals surface area (Å²) in [6, 6.07) is 24.1. The maximum absolute atomic E-state index is 13.0. The number of hydrogen-bond donors (Lipinski definition) is 3. The van der Waals surface area contributed by atoms with Gasteiger partial charge in [0.25, 0.3) is 10.0 Å². The van der Waals surface area contributed by atoms with Crippen LogP contribution in [0.25, 0.3) is 21.3 Å². The van der Waals surface area contributed by atoms with Gasteiger partial charge in [-0.25, -0.2) is 13.4 Å². The number of hydrogen-bond acceptors (Lipinski definition) is 8. The highest BCUT2D eigenvalue weighted by Gasteiger charge is 2.21. The van der Waals surface area contributed by atoms with Crippen LogP contribution in [0.3, 0.4) is 0 Å². The van der Waals surface area contributed by atoms with Crippen LogP contribution in [0.4, 0.5) is 5.13 Å². The molecule has 8 nitrogen and oxygen atoms in total. The smallest absolute Gasteiger partial charge is 0.263 e. The molecule has 0 amide bonds. The van der Waals surface area contributed by atoms with Crippen LogP contribution in [-0.2, 0) is 16.4 Å². The minimum atomic E-state index is -3.76. The zero-order chi connectivity index (χ0) is 27.5. The van der Waals surface area contributed by atoms with E-state index >= 15 is 0 Å². The lowest BCUT2D eigenvalue weighted by Gasteiger charge is -2.27. The van der Waals surface area contributed by atoms with Crippen molar-refractivity contribution in [3.8, 4) is 16.9 Å². The van der Waals surface area contributed by atoms with Gasteiger partial charge in [0.2, 0.25) is 0 Å². The monoisotopic (exact) mass is 572 g/mol. The number of rotatable bonds is 9. The lowest BCUT2D eigenvalue weighted by molar-refractivity contribution is 0.146. The molecular weight excluding hydrogens is 544 g/mol. The highest BCUT2D eigenvalue weighted by molar-refractivity contribution is 7.93. The van der Waals surface area contributed by atoms with Crippen molar-refractivity contribution < 1.29 is 18.3 Å². The summed E-state index contributed by atoms with van der Waals surface area (Å²) >= 11 is 1.31. The standard InChI is InChI=1S/C30H28N4O4S2/c35-27(23-4-3-15-31-17-23)19-32-18-24-11-7-22-16-21(10-14-28(22)38-24)20-8-12-25(13-9-20)40(36,37)34-30-33-26-5-1-2-6-29(26)39-30/h1-6,8-10,12-17,24,27,32,35H,7,11,18-19H2,(H,33,34)/t24?,27-/m0/s1. The maximum Gasteiger partial charge on any atom is 0.263 e. The van der Waals surface area contributed by atoms with Crippen LogP contribution in [0.5, 0.6) is 5.75 Å². The van der Waals surface area contributed by atoms with E-state index < -0.39 is 16.1 Å². The Morgan fingerprint density at radius 1 is 1.02 bits per heavy atom. The molecule has 1 unspecified atom stereocenters. The Balaban J connectivity index is 1.07. The number of aliphatic hydroxyl groups excluding tert-OH is 1. The summed E-state index contributed by atoms with van der Waals surface area (Å²) in [5.74, 6) is 0.855. The molecule has 1 aliphatic heterocycles. The predicted octanol–water partition coefficient (Wildman–Crippen LogP) is 5.18. The third-order valence-electron chi connectivity index (χ3n) is 6.88. The van der Waals surface area contributed by atoms with Crippen molar-refractivity contribution in [1.29, 1.82) is 0 Å². The number of sulfonamides is 1. The normalized spacial score (nSPS) is 15.8. The first-order valence-electron chi connectivity index (χ1n) is 13.0. The van der Waals surface area contributed by atoms with Crippen LogP contribution in [0.15, 0.2) is 96.2 Å². The Kier molecular flexibility index (Phi) is 7.48. The summed E-state index contributed by atoms with van der Waals surface area (Å²) in [4.78, 5) is 8.60. The minimum absolute atomic E-state index is 0.0202. The number of fused-ring (bicyclic) bond motifs is 2. The van der Waals surface area contributed by atoms with E-state index in [2.05, 4.69) is 26.1 Å². The third-order valence-corrected chi connectivity index (χ3v) is 9.32. The zero-order valence-corrected chi connectivity index (χ0v) is 23.2. The number of pyridine rings is 1. The number of ether oxygens (including phenoxy) is 1. The van der Waals surface area contributed by atoms with Gasteiger partial charge in [-0.3, -0.25) is 9.71 Å². The van der Waals surface area contributed by atoms with Gasteiger partial charge in [0.1, 0.15) is 11.9 Å². The van der Waals surface area contributed by atoms with Gasteiger partial charge in [-0.05, 0) is 72.0 Å². The predicted molar refractivity (Wildman–Crippen MR) is 157 cm³/mol. The number of anilines is 1. The van der Waals surface area contributed by atoms with Crippen molar-refractivity contribution >= 4 is 36.7 Å². The number of para-hydroxylation sites is 1. The topological polar surface area (TPSA) is 113 Å². The molecule has 3 heterocycles. The molecule has 0 saturated heterocycles. The summed E-state index contributed by atoms with van der Waals surface area (Å²) in [7, 11) is -3.76. The molecule has 6 rings (SSSR count). The number of nitrogens with zero attached hydrogens (tertiary/aromatic N) is 2. The van der Waals surface area contributed by atoms with E-state index in [4.69, 9.17) is 4.74 Å². The average molecular weight is 573 g/mol. The average Bonchev–Trinajstić information content (AvgIpc) is 3.39. The SMILES string of the molecule is O=S(=O)(Nc1nc2ccccc2s1)c1ccc(-c2ccc3c(c2)CCC(CNC[C@H](O)c2cccnc2)O3)cc1. The quantitative estimate of drug-likeness (QED) is 0.223. The van der Waals surface area contributed by atoms with E-state index in [1.165, 1.54) is 11.3 Å². The second-order valence-electron chi connectivity index (χ2n) is 9.68. The number of aryl methyl sites for hydroxylation is 1. The molecule has 0 fully saturated rings. The Hall–Kier alpha value is -3.83. The van der Waals surface area contributed by atoms with E-state index in [0.717, 1.165) is 51.1 Å². The number of thiazole rings is 1. The van der Waals surface area contributed by atoms with Gasteiger partial charge in [0.15, 0.2) is 5.13 Å². The molecular formula is C30H28N4O4S2. The lowest BCUT2D eigenvalue weighted by Crippen LogP contribution is -2.36. The van der Waals surface area contributed by atoms with E-state index in [-0.39, 0.29) is 11.0 Å². The minimum Gasteiger partial charge on any atom is -0.489 e. The van der Waals surface area contributed by atoms with Gasteiger partial charge in [-0.2, -0.15) is 0 Å². The Labute approximate surface area is 236 Å². The van der Waals surface area contributed by atoms with E-state index in [0.29, 0.717) is 18.2 Å². The molecule has 10 heteroatoms. The van der Waals surface area contributed by atoms with Crippen LogP contribution in [0, 0.1) is 0 Å². The van der Waals surface area contributed by atoms with Gasteiger partial charge in [0.05, 0.1) is 21.2 Å². The molecule has 1 aliphatic rings. The van der Waals surface area contributed by atoms with Crippen molar-refractivity contribution in [3.63, 3.8) is 0 Å². The molecule has 204 valence electrons. The Morgan fingerprint density at radius 2 is 1.85 bits per heavy atom. The summed E-state index contributed by atoms with van der Waals surface area (Å²) in [5.41, 5.74) is 4.60. The molecule has 40 heavy (non-hydrogen) atoms. The van der Waals surface area contributed by atoms with Gasteiger partial charge in [-0.1, -0.05) is 47.7 Å². The van der Waals surface area contributed by atoms with Gasteiger partial charge >= 0.3 is 0 Å². The first kappa shape index (κ1) is 26.4.